The lowest BCUT2D eigenvalue weighted by Gasteiger charge is -2.33. The van der Waals surface area contributed by atoms with Gasteiger partial charge in [-0.3, -0.25) is 4.79 Å². The monoisotopic (exact) mass is 511 g/mol. The van der Waals surface area contributed by atoms with Crippen molar-refractivity contribution in [3.8, 4) is 23.1 Å². The predicted octanol–water partition coefficient (Wildman–Crippen LogP) is 4.95. The molecule has 1 fully saturated rings. The maximum Gasteiger partial charge on any atom is 0.391 e. The van der Waals surface area contributed by atoms with Crippen LogP contribution in [-0.2, 0) is 6.42 Å². The second kappa shape index (κ2) is 10.5. The third-order valence-electron chi connectivity index (χ3n) is 6.41. The SMILES string of the molecule is CCc1ncnc(-c2ccc(C(=O)N3CCC(C(F)(F)F)CC3)c(F)c2)c1C#Cc1ccc(N)nc1C. The quantitative estimate of drug-likeness (QED) is 0.398. The lowest BCUT2D eigenvalue weighted by molar-refractivity contribution is -0.183. The first kappa shape index (κ1) is 26.1. The van der Waals surface area contributed by atoms with Crippen LogP contribution in [0.3, 0.4) is 0 Å². The summed E-state index contributed by atoms with van der Waals surface area (Å²) in [4.78, 5) is 26.9. The van der Waals surface area contributed by atoms with Crippen molar-refractivity contribution in [2.24, 2.45) is 5.92 Å². The number of aromatic nitrogens is 3. The zero-order chi connectivity index (χ0) is 26.7. The minimum absolute atomic E-state index is 0.0743. The highest BCUT2D eigenvalue weighted by atomic mass is 19.4. The topological polar surface area (TPSA) is 85.0 Å². The maximum absolute atomic E-state index is 15.1. The van der Waals surface area contributed by atoms with E-state index in [-0.39, 0.29) is 31.5 Å². The zero-order valence-corrected chi connectivity index (χ0v) is 20.4. The van der Waals surface area contributed by atoms with Gasteiger partial charge in [0.1, 0.15) is 18.0 Å². The Hall–Kier alpha value is -4.00. The van der Waals surface area contributed by atoms with E-state index in [0.717, 1.165) is 0 Å². The molecule has 0 aliphatic carbocycles. The second-order valence-electron chi connectivity index (χ2n) is 8.82. The summed E-state index contributed by atoms with van der Waals surface area (Å²) in [6.07, 6.45) is -2.75. The number of hydrogen-bond donors (Lipinski definition) is 1. The van der Waals surface area contributed by atoms with Gasteiger partial charge in [0, 0.05) is 24.2 Å². The van der Waals surface area contributed by atoms with E-state index in [1.54, 1.807) is 25.1 Å². The summed E-state index contributed by atoms with van der Waals surface area (Å²) in [5.41, 5.74) is 8.85. The number of nitrogens with two attached hydrogens (primary N) is 1. The molecule has 4 rings (SSSR count). The van der Waals surface area contributed by atoms with E-state index in [4.69, 9.17) is 5.73 Å². The summed E-state index contributed by atoms with van der Waals surface area (Å²) in [5.74, 6) is 3.68. The van der Waals surface area contributed by atoms with E-state index in [0.29, 0.717) is 46.0 Å². The molecule has 10 heteroatoms. The number of likely N-dealkylation sites (tertiary alicyclic amines) is 1. The first-order valence-electron chi connectivity index (χ1n) is 11.8. The van der Waals surface area contributed by atoms with E-state index in [2.05, 4.69) is 26.8 Å². The molecule has 0 atom stereocenters. The lowest BCUT2D eigenvalue weighted by atomic mass is 9.95. The molecule has 0 spiro atoms. The summed E-state index contributed by atoms with van der Waals surface area (Å²) in [5, 5.41) is 0. The molecular formula is C27H25F4N5O. The summed E-state index contributed by atoms with van der Waals surface area (Å²) >= 11 is 0. The Balaban J connectivity index is 1.63. The third-order valence-corrected chi connectivity index (χ3v) is 6.41. The number of rotatable bonds is 3. The molecule has 2 N–H and O–H groups in total. The van der Waals surface area contributed by atoms with Gasteiger partial charge in [0.25, 0.3) is 5.91 Å². The maximum atomic E-state index is 15.1. The molecule has 3 aromatic rings. The highest BCUT2D eigenvalue weighted by Gasteiger charge is 2.42. The average molecular weight is 512 g/mol. The summed E-state index contributed by atoms with van der Waals surface area (Å²) < 4.78 is 54.0. The van der Waals surface area contributed by atoms with E-state index in [1.165, 1.54) is 23.4 Å². The third kappa shape index (κ3) is 5.71. The molecule has 1 aliphatic heterocycles. The van der Waals surface area contributed by atoms with Crippen molar-refractivity contribution < 1.29 is 22.4 Å². The van der Waals surface area contributed by atoms with Gasteiger partial charge in [-0.05, 0) is 50.5 Å². The standard InChI is InChI=1S/C27H25F4N5O/c1-3-23-21(8-4-17-6-9-24(32)35-16(17)2)25(34-15-33-23)18-5-7-20(22(28)14-18)26(37)36-12-10-19(11-13-36)27(29,30)31/h5-7,9,14-15,19H,3,10-13H2,1-2H3,(H2,32,35). The smallest absolute Gasteiger partial charge is 0.384 e. The Kier molecular flexibility index (Phi) is 7.43. The lowest BCUT2D eigenvalue weighted by Crippen LogP contribution is -2.42. The minimum Gasteiger partial charge on any atom is -0.384 e. The van der Waals surface area contributed by atoms with Crippen LogP contribution in [0.4, 0.5) is 23.4 Å². The molecule has 0 saturated carbocycles. The van der Waals surface area contributed by atoms with Crippen molar-refractivity contribution in [3.63, 3.8) is 0 Å². The van der Waals surface area contributed by atoms with Gasteiger partial charge in [-0.2, -0.15) is 13.2 Å². The normalized spacial score (nSPS) is 14.3. The number of nitrogens with zero attached hydrogens (tertiary/aromatic N) is 4. The highest BCUT2D eigenvalue weighted by Crippen LogP contribution is 2.34. The molecule has 0 unspecified atom stereocenters. The number of carbonyl (C=O) groups excluding carboxylic acids is 1. The average Bonchev–Trinajstić information content (AvgIpc) is 2.87. The van der Waals surface area contributed by atoms with E-state index in [1.807, 2.05) is 6.92 Å². The van der Waals surface area contributed by atoms with Gasteiger partial charge in [0.2, 0.25) is 0 Å². The Morgan fingerprint density at radius 3 is 2.49 bits per heavy atom. The summed E-state index contributed by atoms with van der Waals surface area (Å²) in [7, 11) is 0. The Labute approximate surface area is 212 Å². The van der Waals surface area contributed by atoms with Crippen LogP contribution in [0.15, 0.2) is 36.7 Å². The number of hydrogen-bond acceptors (Lipinski definition) is 5. The molecule has 2 aromatic heterocycles. The molecule has 192 valence electrons. The Morgan fingerprint density at radius 1 is 1.14 bits per heavy atom. The molecule has 6 nitrogen and oxygen atoms in total. The van der Waals surface area contributed by atoms with Gasteiger partial charge in [0.05, 0.1) is 34.1 Å². The predicted molar refractivity (Wildman–Crippen MR) is 131 cm³/mol. The zero-order valence-electron chi connectivity index (χ0n) is 20.4. The number of aryl methyl sites for hydroxylation is 2. The number of anilines is 1. The van der Waals surface area contributed by atoms with Crippen LogP contribution in [0, 0.1) is 30.5 Å². The van der Waals surface area contributed by atoms with Crippen molar-refractivity contribution >= 4 is 11.7 Å². The molecule has 37 heavy (non-hydrogen) atoms. The van der Waals surface area contributed by atoms with Crippen LogP contribution < -0.4 is 5.73 Å². The number of piperidine rings is 1. The number of amides is 1. The molecule has 0 bridgehead atoms. The number of nitrogen functional groups attached to an aromatic ring is 1. The number of halogens is 4. The van der Waals surface area contributed by atoms with Gasteiger partial charge in [0.15, 0.2) is 0 Å². The van der Waals surface area contributed by atoms with E-state index < -0.39 is 23.8 Å². The fraction of sp³-hybridized carbons (Fsp3) is 0.333. The Bertz CT molecular complexity index is 1390. The number of alkyl halides is 3. The first-order valence-corrected chi connectivity index (χ1v) is 11.8. The highest BCUT2D eigenvalue weighted by molar-refractivity contribution is 5.95. The largest absolute Gasteiger partial charge is 0.391 e. The fourth-order valence-corrected chi connectivity index (χ4v) is 4.30. The first-order chi connectivity index (χ1) is 17.6. The molecule has 1 amide bonds. The van der Waals surface area contributed by atoms with Crippen molar-refractivity contribution in [2.45, 2.75) is 39.3 Å². The Morgan fingerprint density at radius 2 is 1.86 bits per heavy atom. The number of carbonyl (C=O) groups is 1. The molecule has 3 heterocycles. The summed E-state index contributed by atoms with van der Waals surface area (Å²) in [6, 6.07) is 7.50. The molecule has 0 radical (unpaired) electrons. The van der Waals surface area contributed by atoms with Crippen LogP contribution in [-0.4, -0.2) is 45.0 Å². The van der Waals surface area contributed by atoms with E-state index in [9.17, 15) is 18.0 Å². The van der Waals surface area contributed by atoms with E-state index >= 15 is 4.39 Å². The number of pyridine rings is 1. The molecule has 1 saturated heterocycles. The van der Waals surface area contributed by atoms with Crippen molar-refractivity contribution in [1.82, 2.24) is 19.9 Å². The fourth-order valence-electron chi connectivity index (χ4n) is 4.30. The summed E-state index contributed by atoms with van der Waals surface area (Å²) in [6.45, 7) is 3.56. The van der Waals surface area contributed by atoms with Gasteiger partial charge in [-0.15, -0.1) is 0 Å². The van der Waals surface area contributed by atoms with Crippen molar-refractivity contribution in [3.05, 3.63) is 70.6 Å². The van der Waals surface area contributed by atoms with Crippen LogP contribution >= 0.6 is 0 Å². The molecular weight excluding hydrogens is 486 g/mol. The van der Waals surface area contributed by atoms with Gasteiger partial charge in [-0.1, -0.05) is 24.8 Å². The van der Waals surface area contributed by atoms with Crippen molar-refractivity contribution in [1.29, 1.82) is 0 Å². The molecule has 1 aliphatic rings. The molecule has 1 aromatic carbocycles. The van der Waals surface area contributed by atoms with Crippen LogP contribution in [0.25, 0.3) is 11.3 Å². The number of benzene rings is 1. The van der Waals surface area contributed by atoms with Gasteiger partial charge < -0.3 is 10.6 Å². The van der Waals surface area contributed by atoms with Gasteiger partial charge >= 0.3 is 6.18 Å². The van der Waals surface area contributed by atoms with Crippen LogP contribution in [0.2, 0.25) is 0 Å². The second-order valence-corrected chi connectivity index (χ2v) is 8.82. The van der Waals surface area contributed by atoms with Crippen molar-refractivity contribution in [2.75, 3.05) is 18.8 Å². The minimum atomic E-state index is -4.29. The van der Waals surface area contributed by atoms with Gasteiger partial charge in [-0.25, -0.2) is 19.3 Å². The van der Waals surface area contributed by atoms with Crippen LogP contribution in [0.1, 0.15) is 52.6 Å². The van der Waals surface area contributed by atoms with Crippen LogP contribution in [0.5, 0.6) is 0 Å².